The van der Waals surface area contributed by atoms with E-state index in [9.17, 15) is 32.9 Å². The third-order valence-corrected chi connectivity index (χ3v) is 6.28. The van der Waals surface area contributed by atoms with Crippen LogP contribution in [0, 0.1) is 17.0 Å². The Morgan fingerprint density at radius 3 is 2.21 bits per heavy atom. The monoisotopic (exact) mass is 492 g/mol. The SMILES string of the molecule is CCOC(=O)CNC(=O)CN(CNC(=O)c1ccc([N+](=O)[O-])cc1)S(=O)(=O)c1ccc(C)cc1. The molecule has 0 aromatic heterocycles. The molecule has 2 amide bonds. The van der Waals surface area contributed by atoms with Crippen LogP contribution in [0.5, 0.6) is 0 Å². The Balaban J connectivity index is 2.18. The van der Waals surface area contributed by atoms with Crippen LogP contribution in [0.1, 0.15) is 22.8 Å². The summed E-state index contributed by atoms with van der Waals surface area (Å²) >= 11 is 0. The Kier molecular flexibility index (Phi) is 9.21. The maximum atomic E-state index is 13.1. The first kappa shape index (κ1) is 26.4. The number of hydrogen-bond acceptors (Lipinski definition) is 8. The number of carbonyl (C=O) groups is 3. The third kappa shape index (κ3) is 7.35. The van der Waals surface area contributed by atoms with Crippen molar-refractivity contribution in [2.24, 2.45) is 0 Å². The Labute approximate surface area is 196 Å². The van der Waals surface area contributed by atoms with Gasteiger partial charge in [-0.15, -0.1) is 0 Å². The average molecular weight is 493 g/mol. The normalized spacial score (nSPS) is 11.0. The topological polar surface area (TPSA) is 165 Å². The highest BCUT2D eigenvalue weighted by atomic mass is 32.2. The molecule has 0 saturated heterocycles. The molecule has 0 radical (unpaired) electrons. The lowest BCUT2D eigenvalue weighted by Gasteiger charge is -2.22. The van der Waals surface area contributed by atoms with Gasteiger partial charge in [-0.25, -0.2) is 8.42 Å². The number of carbonyl (C=O) groups excluding carboxylic acids is 3. The molecule has 13 heteroatoms. The summed E-state index contributed by atoms with van der Waals surface area (Å²) in [6.07, 6.45) is 0. The van der Waals surface area contributed by atoms with Gasteiger partial charge in [-0.3, -0.25) is 24.5 Å². The van der Waals surface area contributed by atoms with Crippen LogP contribution in [-0.4, -0.2) is 61.8 Å². The van der Waals surface area contributed by atoms with Gasteiger partial charge in [0, 0.05) is 17.7 Å². The van der Waals surface area contributed by atoms with E-state index in [1.165, 1.54) is 24.3 Å². The lowest BCUT2D eigenvalue weighted by molar-refractivity contribution is -0.384. The minimum absolute atomic E-state index is 0.0602. The molecular formula is C21H24N4O8S. The van der Waals surface area contributed by atoms with Crippen LogP contribution in [0.4, 0.5) is 5.69 Å². The van der Waals surface area contributed by atoms with Crippen LogP contribution < -0.4 is 10.6 Å². The number of nitro benzene ring substituents is 1. The third-order valence-electron chi connectivity index (χ3n) is 4.47. The summed E-state index contributed by atoms with van der Waals surface area (Å²) in [6, 6.07) is 10.6. The molecule has 0 spiro atoms. The number of hydrogen-bond donors (Lipinski definition) is 2. The fraction of sp³-hybridized carbons (Fsp3) is 0.286. The minimum atomic E-state index is -4.21. The van der Waals surface area contributed by atoms with E-state index in [1.54, 1.807) is 26.0 Å². The number of nitrogens with zero attached hydrogens (tertiary/aromatic N) is 2. The Hall–Kier alpha value is -3.84. The molecule has 0 heterocycles. The van der Waals surface area contributed by atoms with Gasteiger partial charge in [0.1, 0.15) is 6.54 Å². The van der Waals surface area contributed by atoms with Gasteiger partial charge in [-0.05, 0) is 38.1 Å². The van der Waals surface area contributed by atoms with Crippen molar-refractivity contribution in [2.45, 2.75) is 18.7 Å². The standard InChI is InChI=1S/C21H24N4O8S/c1-3-33-20(27)12-22-19(26)13-24(34(31,32)18-10-4-15(2)5-11-18)14-23-21(28)16-6-8-17(9-7-16)25(29)30/h4-11H,3,12-14H2,1-2H3,(H,22,26)(H,23,28). The molecule has 0 aliphatic carbocycles. The second-order valence-corrected chi connectivity index (χ2v) is 8.92. The van der Waals surface area contributed by atoms with E-state index in [0.29, 0.717) is 0 Å². The molecule has 2 N–H and O–H groups in total. The molecule has 34 heavy (non-hydrogen) atoms. The molecule has 0 bridgehead atoms. The van der Waals surface area contributed by atoms with Crippen LogP contribution in [-0.2, 0) is 24.3 Å². The first-order valence-corrected chi connectivity index (χ1v) is 11.5. The number of non-ortho nitro benzene ring substituents is 1. The number of aryl methyl sites for hydroxylation is 1. The van der Waals surface area contributed by atoms with E-state index in [1.807, 2.05) is 0 Å². The second kappa shape index (κ2) is 11.9. The fourth-order valence-electron chi connectivity index (χ4n) is 2.68. The Morgan fingerprint density at radius 2 is 1.65 bits per heavy atom. The number of nitro groups is 1. The van der Waals surface area contributed by atoms with Crippen LogP contribution in [0.25, 0.3) is 0 Å². The lowest BCUT2D eigenvalue weighted by atomic mass is 10.2. The van der Waals surface area contributed by atoms with E-state index in [4.69, 9.17) is 4.74 Å². The number of sulfonamides is 1. The van der Waals surface area contributed by atoms with Crippen LogP contribution in [0.2, 0.25) is 0 Å². The highest BCUT2D eigenvalue weighted by molar-refractivity contribution is 7.89. The van der Waals surface area contributed by atoms with Gasteiger partial charge in [0.05, 0.1) is 29.6 Å². The van der Waals surface area contributed by atoms with Gasteiger partial charge in [0.25, 0.3) is 11.6 Å². The number of rotatable bonds is 11. The molecule has 182 valence electrons. The van der Waals surface area contributed by atoms with Crippen LogP contribution in [0.15, 0.2) is 53.4 Å². The zero-order valence-corrected chi connectivity index (χ0v) is 19.3. The van der Waals surface area contributed by atoms with Crippen molar-refractivity contribution in [2.75, 3.05) is 26.4 Å². The van der Waals surface area contributed by atoms with Crippen molar-refractivity contribution in [1.29, 1.82) is 0 Å². The molecule has 0 saturated carbocycles. The molecule has 0 aliphatic rings. The fourth-order valence-corrected chi connectivity index (χ4v) is 3.98. The summed E-state index contributed by atoms with van der Waals surface area (Å²) in [7, 11) is -4.21. The summed E-state index contributed by atoms with van der Waals surface area (Å²) in [5.41, 5.74) is 0.674. The van der Waals surface area contributed by atoms with Gasteiger partial charge in [0.15, 0.2) is 0 Å². The summed E-state index contributed by atoms with van der Waals surface area (Å²) in [4.78, 5) is 46.3. The number of esters is 1. The van der Waals surface area contributed by atoms with E-state index in [0.717, 1.165) is 22.0 Å². The molecule has 2 aromatic rings. The van der Waals surface area contributed by atoms with Gasteiger partial charge in [0.2, 0.25) is 15.9 Å². The van der Waals surface area contributed by atoms with E-state index >= 15 is 0 Å². The number of ether oxygens (including phenoxy) is 1. The van der Waals surface area contributed by atoms with E-state index < -0.39 is 52.5 Å². The molecule has 2 rings (SSSR count). The van der Waals surface area contributed by atoms with Crippen molar-refractivity contribution in [3.05, 3.63) is 69.8 Å². The van der Waals surface area contributed by atoms with Crippen molar-refractivity contribution < 1.29 is 32.5 Å². The zero-order valence-electron chi connectivity index (χ0n) is 18.5. The smallest absolute Gasteiger partial charge is 0.325 e. The predicted octanol–water partition coefficient (Wildman–Crippen LogP) is 0.961. The highest BCUT2D eigenvalue weighted by Gasteiger charge is 2.27. The van der Waals surface area contributed by atoms with E-state index in [2.05, 4.69) is 10.6 Å². The minimum Gasteiger partial charge on any atom is -0.465 e. The second-order valence-electron chi connectivity index (χ2n) is 6.98. The Bertz CT molecular complexity index is 1150. The molecule has 0 fully saturated rings. The highest BCUT2D eigenvalue weighted by Crippen LogP contribution is 2.16. The number of nitrogens with one attached hydrogen (secondary N) is 2. The lowest BCUT2D eigenvalue weighted by Crippen LogP contribution is -2.47. The summed E-state index contributed by atoms with van der Waals surface area (Å²) in [5.74, 6) is -2.17. The predicted molar refractivity (Wildman–Crippen MR) is 120 cm³/mol. The van der Waals surface area contributed by atoms with Gasteiger partial charge in [-0.2, -0.15) is 4.31 Å². The van der Waals surface area contributed by atoms with E-state index in [-0.39, 0.29) is 22.8 Å². The van der Waals surface area contributed by atoms with Crippen LogP contribution in [0.3, 0.4) is 0 Å². The molecular weight excluding hydrogens is 468 g/mol. The van der Waals surface area contributed by atoms with Crippen molar-refractivity contribution in [3.63, 3.8) is 0 Å². The van der Waals surface area contributed by atoms with Crippen molar-refractivity contribution in [1.82, 2.24) is 14.9 Å². The van der Waals surface area contributed by atoms with Gasteiger partial charge in [-0.1, -0.05) is 17.7 Å². The maximum Gasteiger partial charge on any atom is 0.325 e. The Morgan fingerprint density at radius 1 is 1.03 bits per heavy atom. The van der Waals surface area contributed by atoms with Gasteiger partial charge >= 0.3 is 5.97 Å². The number of amides is 2. The van der Waals surface area contributed by atoms with Crippen molar-refractivity contribution >= 4 is 33.5 Å². The molecule has 0 unspecified atom stereocenters. The summed E-state index contributed by atoms with van der Waals surface area (Å²) in [5, 5.41) is 15.4. The molecule has 2 aromatic carbocycles. The first-order chi connectivity index (χ1) is 16.0. The first-order valence-electron chi connectivity index (χ1n) is 10.1. The molecule has 0 aliphatic heterocycles. The largest absolute Gasteiger partial charge is 0.465 e. The average Bonchev–Trinajstić information content (AvgIpc) is 2.80. The summed E-state index contributed by atoms with van der Waals surface area (Å²) < 4.78 is 31.7. The maximum absolute atomic E-state index is 13.1. The van der Waals surface area contributed by atoms with Gasteiger partial charge < -0.3 is 15.4 Å². The van der Waals surface area contributed by atoms with Crippen molar-refractivity contribution in [3.8, 4) is 0 Å². The summed E-state index contributed by atoms with van der Waals surface area (Å²) in [6.45, 7) is 1.80. The molecule has 12 nitrogen and oxygen atoms in total. The molecule has 0 atom stereocenters. The quantitative estimate of drug-likeness (QED) is 0.203. The van der Waals surface area contributed by atoms with Crippen LogP contribution >= 0.6 is 0 Å². The zero-order chi connectivity index (χ0) is 25.3. The number of benzene rings is 2.